The van der Waals surface area contributed by atoms with Crippen LogP contribution in [-0.4, -0.2) is 20.6 Å². The van der Waals surface area contributed by atoms with Crippen molar-refractivity contribution < 1.29 is 20.6 Å². The van der Waals surface area contributed by atoms with Crippen LogP contribution in [0.15, 0.2) is 150 Å². The summed E-state index contributed by atoms with van der Waals surface area (Å²) in [6.07, 6.45) is 0. The maximum Gasteiger partial charge on any atom is 0.134 e. The van der Waals surface area contributed by atoms with Crippen molar-refractivity contribution in [3.05, 3.63) is 160 Å². The van der Waals surface area contributed by atoms with Crippen molar-refractivity contribution in [2.45, 2.75) is 0 Å². The number of aromatic hydroxyl groups is 2. The fourth-order valence-corrected chi connectivity index (χ4v) is 4.97. The second-order valence-electron chi connectivity index (χ2n) is 9.41. The van der Waals surface area contributed by atoms with Crippen LogP contribution in [-0.2, 0) is 0 Å². The van der Waals surface area contributed by atoms with Crippen LogP contribution in [0.1, 0.15) is 0 Å². The summed E-state index contributed by atoms with van der Waals surface area (Å²) < 4.78 is 0.866. The lowest BCUT2D eigenvalue weighted by Crippen LogP contribution is -2.10. The number of hydrogen-bond donors (Lipinski definition) is 4. The first-order valence-electron chi connectivity index (χ1n) is 13.3. The molecule has 0 saturated carbocycles. The van der Waals surface area contributed by atoms with Crippen LogP contribution in [0.25, 0.3) is 33.4 Å². The smallest absolute Gasteiger partial charge is 0.134 e. The zero-order valence-corrected chi connectivity index (χ0v) is 26.3. The van der Waals surface area contributed by atoms with Gasteiger partial charge in [-0.1, -0.05) is 136 Å². The predicted molar refractivity (Wildman–Crippen MR) is 183 cm³/mol. The average molecular weight is 689 g/mol. The molecule has 0 aromatic heterocycles. The van der Waals surface area contributed by atoms with Gasteiger partial charge in [0.25, 0.3) is 0 Å². The van der Waals surface area contributed by atoms with Crippen molar-refractivity contribution in [1.82, 2.24) is 0 Å². The highest BCUT2D eigenvalue weighted by Crippen LogP contribution is 2.31. The predicted octanol–water partition coefficient (Wildman–Crippen LogP) is 11.1. The first-order valence-corrected chi connectivity index (χ1v) is 14.9. The highest BCUT2D eigenvalue weighted by molar-refractivity contribution is 9.10. The molecule has 0 heterocycles. The number of nitrogens with zero attached hydrogens (tertiary/aromatic N) is 1. The lowest BCUT2D eigenvalue weighted by Gasteiger charge is -2.09. The van der Waals surface area contributed by atoms with E-state index in [1.54, 1.807) is 42.5 Å². The zero-order chi connectivity index (χ0) is 31.5. The lowest BCUT2D eigenvalue weighted by atomic mass is 9.99. The Hall–Kier alpha value is -4.30. The molecule has 5 nitrogen and oxygen atoms in total. The monoisotopic (exact) mass is 687 g/mol. The normalized spacial score (nSPS) is 10.1. The largest absolute Gasteiger partial charge is 0.506 e. The summed E-state index contributed by atoms with van der Waals surface area (Å²) in [5, 5.41) is 37.0. The van der Waals surface area contributed by atoms with Crippen LogP contribution in [0, 0.1) is 0 Å². The minimum atomic E-state index is 0.106. The van der Waals surface area contributed by atoms with Gasteiger partial charge in [0, 0.05) is 4.47 Å². The van der Waals surface area contributed by atoms with Gasteiger partial charge in [-0.05, 0) is 81.9 Å². The molecule has 0 unspecified atom stereocenters. The van der Waals surface area contributed by atoms with Crippen molar-refractivity contribution in [1.29, 1.82) is 0 Å². The molecule has 0 atom stereocenters. The van der Waals surface area contributed by atoms with Crippen molar-refractivity contribution >= 4 is 44.8 Å². The number of halogens is 3. The van der Waals surface area contributed by atoms with Crippen LogP contribution in [0.4, 0.5) is 5.69 Å². The maximum atomic E-state index is 9.49. The van der Waals surface area contributed by atoms with Gasteiger partial charge in [0.15, 0.2) is 0 Å². The Morgan fingerprint density at radius 1 is 0.432 bits per heavy atom. The molecule has 0 aliphatic heterocycles. The second kappa shape index (κ2) is 16.0. The topological polar surface area (TPSA) is 84.2 Å². The molecule has 0 aliphatic carbocycles. The molecular weight excluding hydrogens is 661 g/mol. The minimum absolute atomic E-state index is 0.106. The van der Waals surface area contributed by atoms with E-state index in [2.05, 4.69) is 40.2 Å². The fraction of sp³-hybridized carbons (Fsp3) is 0. The van der Waals surface area contributed by atoms with E-state index in [9.17, 15) is 5.11 Å². The van der Waals surface area contributed by atoms with Gasteiger partial charge in [-0.25, -0.2) is 0 Å². The fourth-order valence-electron chi connectivity index (χ4n) is 4.12. The van der Waals surface area contributed by atoms with Gasteiger partial charge in [-0.2, -0.15) is 0 Å². The van der Waals surface area contributed by atoms with E-state index in [0.717, 1.165) is 32.3 Å². The van der Waals surface area contributed by atoms with Crippen molar-refractivity contribution in [2.75, 3.05) is 5.23 Å². The van der Waals surface area contributed by atoms with Gasteiger partial charge in [0.05, 0.1) is 15.7 Å². The molecule has 6 rings (SSSR count). The third-order valence-electron chi connectivity index (χ3n) is 6.34. The molecule has 0 radical (unpaired) electrons. The summed E-state index contributed by atoms with van der Waals surface area (Å²) in [4.78, 5) is 0. The van der Waals surface area contributed by atoms with Crippen LogP contribution in [0.3, 0.4) is 0 Å². The molecular formula is C36H28BrCl2NO4. The van der Waals surface area contributed by atoms with Gasteiger partial charge >= 0.3 is 0 Å². The number of phenolic OH excluding ortho intramolecular Hbond substituents is 2. The molecule has 44 heavy (non-hydrogen) atoms. The molecule has 8 heteroatoms. The summed E-state index contributed by atoms with van der Waals surface area (Å²) in [6.45, 7) is 0. The molecule has 0 saturated heterocycles. The van der Waals surface area contributed by atoms with E-state index in [0.29, 0.717) is 15.7 Å². The Balaban J connectivity index is 0.000000162. The van der Waals surface area contributed by atoms with Crippen LogP contribution in [0.2, 0.25) is 10.0 Å². The summed E-state index contributed by atoms with van der Waals surface area (Å²) >= 11 is 14.7. The van der Waals surface area contributed by atoms with Gasteiger partial charge in [0.2, 0.25) is 0 Å². The number of anilines is 1. The highest BCUT2D eigenvalue weighted by atomic mass is 79.9. The first-order chi connectivity index (χ1) is 21.2. The standard InChI is InChI=1S/C18H13ClO.C12H11NO2.C6H4BrClO/c19-17-12-16(9-10-18(17)20)15-8-4-7-14(11-15)13-5-2-1-3-6-13;14-13(15)12-8-4-7-11(9-12)10-5-2-1-3-6-10;7-4-1-2-6(9)5(8)3-4/h1-12,20H;1-9,14-15H;1-3,9H. The van der Waals surface area contributed by atoms with Crippen LogP contribution in [0.5, 0.6) is 11.5 Å². The highest BCUT2D eigenvalue weighted by Gasteiger charge is 2.05. The van der Waals surface area contributed by atoms with E-state index >= 15 is 0 Å². The van der Waals surface area contributed by atoms with Gasteiger partial charge in [0.1, 0.15) is 11.5 Å². The molecule has 222 valence electrons. The lowest BCUT2D eigenvalue weighted by molar-refractivity contribution is 0.0292. The number of hydrogen-bond acceptors (Lipinski definition) is 5. The summed E-state index contributed by atoms with van der Waals surface area (Å²) in [5.74, 6) is 0.217. The average Bonchev–Trinajstić information content (AvgIpc) is 3.06. The Morgan fingerprint density at radius 2 is 0.864 bits per heavy atom. The van der Waals surface area contributed by atoms with Crippen molar-refractivity contribution in [3.63, 3.8) is 0 Å². The zero-order valence-electron chi connectivity index (χ0n) is 23.2. The summed E-state index contributed by atoms with van der Waals surface area (Å²) in [7, 11) is 0. The molecule has 0 aliphatic rings. The van der Waals surface area contributed by atoms with E-state index < -0.39 is 0 Å². The maximum absolute atomic E-state index is 9.49. The Bertz CT molecular complexity index is 1800. The summed E-state index contributed by atoms with van der Waals surface area (Å²) in [6, 6.07) is 45.4. The molecule has 4 N–H and O–H groups in total. The minimum Gasteiger partial charge on any atom is -0.506 e. The first kappa shape index (κ1) is 32.6. The molecule has 0 bridgehead atoms. The number of rotatable bonds is 4. The quantitative estimate of drug-likeness (QED) is 0.139. The van der Waals surface area contributed by atoms with Crippen LogP contribution >= 0.6 is 39.1 Å². The SMILES string of the molecule is ON(O)c1cccc(-c2ccccc2)c1.Oc1ccc(-c2cccc(-c3ccccc3)c2)cc1Cl.Oc1ccc(Br)cc1Cl. The number of phenols is 2. The van der Waals surface area contributed by atoms with E-state index in [4.69, 9.17) is 38.7 Å². The van der Waals surface area contributed by atoms with Crippen molar-refractivity contribution in [2.24, 2.45) is 0 Å². The third kappa shape index (κ3) is 9.35. The Labute approximate surface area is 274 Å². The van der Waals surface area contributed by atoms with E-state index in [1.165, 1.54) is 11.6 Å². The Kier molecular flexibility index (Phi) is 11.8. The van der Waals surface area contributed by atoms with Gasteiger partial charge in [-0.3, -0.25) is 10.4 Å². The second-order valence-corrected chi connectivity index (χ2v) is 11.1. The van der Waals surface area contributed by atoms with Crippen LogP contribution < -0.4 is 5.23 Å². The van der Waals surface area contributed by atoms with E-state index in [1.807, 2.05) is 72.8 Å². The third-order valence-corrected chi connectivity index (χ3v) is 7.44. The summed E-state index contributed by atoms with van der Waals surface area (Å²) in [5.41, 5.74) is 6.74. The molecule has 0 fully saturated rings. The van der Waals surface area contributed by atoms with Crippen molar-refractivity contribution in [3.8, 4) is 44.9 Å². The molecule has 6 aromatic carbocycles. The Morgan fingerprint density at radius 3 is 1.36 bits per heavy atom. The molecule has 0 amide bonds. The number of benzene rings is 6. The molecule has 6 aromatic rings. The van der Waals surface area contributed by atoms with Gasteiger partial charge in [-0.15, -0.1) is 5.23 Å². The van der Waals surface area contributed by atoms with E-state index in [-0.39, 0.29) is 16.7 Å². The molecule has 0 spiro atoms. The van der Waals surface area contributed by atoms with Gasteiger partial charge < -0.3 is 10.2 Å².